The van der Waals surface area contributed by atoms with Crippen molar-refractivity contribution >= 4 is 0 Å². The molecule has 1 aliphatic carbocycles. The molecule has 0 saturated heterocycles. The third-order valence-corrected chi connectivity index (χ3v) is 6.22. The molecule has 0 heterocycles. The van der Waals surface area contributed by atoms with E-state index >= 15 is 0 Å². The smallest absolute Gasteiger partial charge is 0.299 e. The second kappa shape index (κ2) is 11.9. The van der Waals surface area contributed by atoms with Gasteiger partial charge < -0.3 is 0 Å². The van der Waals surface area contributed by atoms with Crippen LogP contribution in [0.25, 0.3) is 0 Å². The summed E-state index contributed by atoms with van der Waals surface area (Å²) in [5.74, 6) is -1.07. The molecule has 0 radical (unpaired) electrons. The van der Waals surface area contributed by atoms with E-state index in [0.717, 1.165) is 24.9 Å². The Labute approximate surface area is 184 Å². The zero-order valence-corrected chi connectivity index (χ0v) is 18.7. The number of rotatable bonds is 7. The van der Waals surface area contributed by atoms with Crippen LogP contribution in [0, 0.1) is 17.2 Å². The van der Waals surface area contributed by atoms with Gasteiger partial charge in [-0.1, -0.05) is 54.6 Å². The second-order valence-electron chi connectivity index (χ2n) is 8.50. The normalized spacial score (nSPS) is 19.4. The average molecular weight is 431 g/mol. The maximum Gasteiger partial charge on any atom is 0.391 e. The summed E-state index contributed by atoms with van der Waals surface area (Å²) in [7, 11) is 2.15. The van der Waals surface area contributed by atoms with Crippen molar-refractivity contribution in [3.05, 3.63) is 71.3 Å². The van der Waals surface area contributed by atoms with E-state index in [1.807, 2.05) is 18.2 Å². The second-order valence-corrected chi connectivity index (χ2v) is 8.50. The molecular weight excluding hydrogens is 397 g/mol. The zero-order chi connectivity index (χ0) is 22.9. The van der Waals surface area contributed by atoms with Gasteiger partial charge in [0, 0.05) is 19.5 Å². The highest BCUT2D eigenvalue weighted by molar-refractivity contribution is 5.26. The lowest BCUT2D eigenvalue weighted by Crippen LogP contribution is -2.29. The molecule has 3 atom stereocenters. The molecule has 168 valence electrons. The number of nitrogens with zero attached hydrogens (tertiary/aromatic N) is 2. The van der Waals surface area contributed by atoms with Crippen molar-refractivity contribution in [2.24, 2.45) is 5.92 Å². The third-order valence-electron chi connectivity index (χ3n) is 6.22. The van der Waals surface area contributed by atoms with Crippen LogP contribution in [0.2, 0.25) is 0 Å². The third kappa shape index (κ3) is 8.03. The summed E-state index contributed by atoms with van der Waals surface area (Å²) in [5, 5.41) is 7.32. The Bertz CT molecular complexity index is 809. The highest BCUT2D eigenvalue weighted by Crippen LogP contribution is 2.45. The molecule has 3 unspecified atom stereocenters. The fraction of sp³-hybridized carbons (Fsp3) is 0.500. The lowest BCUT2D eigenvalue weighted by Gasteiger charge is -2.25. The molecule has 2 aromatic carbocycles. The number of aryl methyl sites for hydroxylation is 1. The molecule has 0 aliphatic heterocycles. The number of benzene rings is 2. The molecule has 0 amide bonds. The minimum absolute atomic E-state index is 0.0524. The molecule has 3 rings (SSSR count). The van der Waals surface area contributed by atoms with Gasteiger partial charge in [-0.05, 0) is 68.7 Å². The van der Waals surface area contributed by atoms with E-state index in [-0.39, 0.29) is 18.8 Å². The van der Waals surface area contributed by atoms with Gasteiger partial charge in [0.1, 0.15) is 0 Å². The summed E-state index contributed by atoms with van der Waals surface area (Å²) >= 11 is 0. The predicted molar refractivity (Wildman–Crippen MR) is 120 cm³/mol. The van der Waals surface area contributed by atoms with Crippen LogP contribution in [0.1, 0.15) is 62.1 Å². The number of nitriles is 1. The van der Waals surface area contributed by atoms with Crippen LogP contribution in [-0.2, 0) is 13.0 Å². The van der Waals surface area contributed by atoms with E-state index in [2.05, 4.69) is 55.3 Å². The first-order valence-electron chi connectivity index (χ1n) is 10.9. The summed E-state index contributed by atoms with van der Waals surface area (Å²) in [5.41, 5.74) is 3.63. The Balaban J connectivity index is 0.00000107. The Morgan fingerprint density at radius 2 is 1.65 bits per heavy atom. The maximum absolute atomic E-state index is 12.9. The molecule has 0 aromatic heterocycles. The van der Waals surface area contributed by atoms with Gasteiger partial charge in [-0.25, -0.2) is 0 Å². The first-order valence-corrected chi connectivity index (χ1v) is 10.9. The highest BCUT2D eigenvalue weighted by Gasteiger charge is 2.44. The van der Waals surface area contributed by atoms with Crippen molar-refractivity contribution < 1.29 is 13.2 Å². The van der Waals surface area contributed by atoms with Crippen LogP contribution >= 0.6 is 0 Å². The van der Waals surface area contributed by atoms with Crippen LogP contribution in [0.5, 0.6) is 0 Å². The van der Waals surface area contributed by atoms with E-state index in [1.54, 1.807) is 6.07 Å². The highest BCUT2D eigenvalue weighted by atomic mass is 19.4. The molecule has 0 N–H and O–H groups in total. The fourth-order valence-corrected chi connectivity index (χ4v) is 4.16. The average Bonchev–Trinajstić information content (AvgIpc) is 3.24. The minimum Gasteiger partial charge on any atom is -0.299 e. The quantitative estimate of drug-likeness (QED) is 0.468. The summed E-state index contributed by atoms with van der Waals surface area (Å²) in [6.07, 6.45) is -0.856. The van der Waals surface area contributed by atoms with Crippen LogP contribution in [0.3, 0.4) is 0 Å². The van der Waals surface area contributed by atoms with E-state index in [4.69, 9.17) is 5.26 Å². The van der Waals surface area contributed by atoms with Crippen molar-refractivity contribution in [3.63, 3.8) is 0 Å². The Morgan fingerprint density at radius 1 is 1.03 bits per heavy atom. The van der Waals surface area contributed by atoms with E-state index in [9.17, 15) is 13.2 Å². The molecule has 1 saturated carbocycles. The van der Waals surface area contributed by atoms with Crippen molar-refractivity contribution in [1.29, 1.82) is 5.26 Å². The molecule has 5 heteroatoms. The van der Waals surface area contributed by atoms with Gasteiger partial charge in [-0.2, -0.15) is 18.4 Å². The number of alkyl halides is 3. The number of halogens is 3. The molecule has 0 spiro atoms. The summed E-state index contributed by atoms with van der Waals surface area (Å²) in [6.45, 7) is 4.61. The fourth-order valence-electron chi connectivity index (χ4n) is 4.16. The van der Waals surface area contributed by atoms with Gasteiger partial charge >= 0.3 is 6.18 Å². The van der Waals surface area contributed by atoms with Gasteiger partial charge in [-0.3, -0.25) is 4.90 Å². The Kier molecular flexibility index (Phi) is 9.58. The SMILES string of the molecule is CC#N.CC(CCc1ccc(C2CCC(C(F)(F)F)C2)cc1)N(C)Cc1ccccc1. The molecule has 1 aliphatic rings. The predicted octanol–water partition coefficient (Wildman–Crippen LogP) is 7.12. The summed E-state index contributed by atoms with van der Waals surface area (Å²) in [6, 6.07) is 20.9. The first-order chi connectivity index (χ1) is 14.7. The lowest BCUT2D eigenvalue weighted by atomic mass is 9.94. The van der Waals surface area contributed by atoms with E-state index in [1.165, 1.54) is 18.1 Å². The number of hydrogen-bond acceptors (Lipinski definition) is 2. The zero-order valence-electron chi connectivity index (χ0n) is 18.7. The summed E-state index contributed by atoms with van der Waals surface area (Å²) < 4.78 is 38.7. The van der Waals surface area contributed by atoms with Crippen molar-refractivity contribution in [1.82, 2.24) is 4.90 Å². The number of hydrogen-bond donors (Lipinski definition) is 0. The van der Waals surface area contributed by atoms with Crippen LogP contribution in [0.4, 0.5) is 13.2 Å². The molecule has 31 heavy (non-hydrogen) atoms. The van der Waals surface area contributed by atoms with Crippen molar-refractivity contribution in [2.75, 3.05) is 7.05 Å². The van der Waals surface area contributed by atoms with Crippen LogP contribution < -0.4 is 0 Å². The van der Waals surface area contributed by atoms with Gasteiger partial charge in [0.15, 0.2) is 0 Å². The summed E-state index contributed by atoms with van der Waals surface area (Å²) in [4.78, 5) is 2.36. The topological polar surface area (TPSA) is 27.0 Å². The van der Waals surface area contributed by atoms with Crippen molar-refractivity contribution in [3.8, 4) is 6.07 Å². The molecule has 0 bridgehead atoms. The molecule has 2 aromatic rings. The van der Waals surface area contributed by atoms with E-state index < -0.39 is 12.1 Å². The van der Waals surface area contributed by atoms with Gasteiger partial charge in [0.25, 0.3) is 0 Å². The lowest BCUT2D eigenvalue weighted by molar-refractivity contribution is -0.172. The Hall–Kier alpha value is -2.32. The molecular formula is C26H33F3N2. The van der Waals surface area contributed by atoms with E-state index in [0.29, 0.717) is 12.5 Å². The van der Waals surface area contributed by atoms with Gasteiger partial charge in [0.2, 0.25) is 0 Å². The van der Waals surface area contributed by atoms with Crippen LogP contribution in [0.15, 0.2) is 54.6 Å². The molecule has 1 fully saturated rings. The minimum atomic E-state index is -4.05. The molecule has 2 nitrogen and oxygen atoms in total. The van der Waals surface area contributed by atoms with Crippen molar-refractivity contribution in [2.45, 2.75) is 70.6 Å². The maximum atomic E-state index is 12.9. The van der Waals surface area contributed by atoms with Gasteiger partial charge in [0.05, 0.1) is 12.0 Å². The standard InChI is InChI=1S/C24H30F3N.C2H3N/c1-18(28(2)17-20-6-4-3-5-7-20)8-9-19-10-12-21(13-11-19)22-14-15-23(16-22)24(25,26)27;1-2-3/h3-7,10-13,18,22-23H,8-9,14-17H2,1-2H3;1H3. The Morgan fingerprint density at radius 3 is 2.19 bits per heavy atom. The van der Waals surface area contributed by atoms with Crippen LogP contribution in [-0.4, -0.2) is 24.2 Å². The monoisotopic (exact) mass is 430 g/mol. The first kappa shape index (κ1) is 24.9. The van der Waals surface area contributed by atoms with Gasteiger partial charge in [-0.15, -0.1) is 0 Å². The largest absolute Gasteiger partial charge is 0.391 e.